The molecule has 1 saturated carbocycles. The van der Waals surface area contributed by atoms with Gasteiger partial charge in [0.05, 0.1) is 6.26 Å². The van der Waals surface area contributed by atoms with Gasteiger partial charge in [-0.1, -0.05) is 12.1 Å². The second kappa shape index (κ2) is 2.85. The maximum atomic E-state index is 5.58. The molecule has 0 amide bonds. The number of fused-ring (bicyclic) bond motifs is 1. The third kappa shape index (κ3) is 1.15. The van der Waals surface area contributed by atoms with Crippen LogP contribution in [0.4, 0.5) is 0 Å². The van der Waals surface area contributed by atoms with E-state index in [1.54, 1.807) is 0 Å². The van der Waals surface area contributed by atoms with Crippen molar-refractivity contribution in [3.05, 3.63) is 35.6 Å². The van der Waals surface area contributed by atoms with Crippen LogP contribution >= 0.6 is 0 Å². The summed E-state index contributed by atoms with van der Waals surface area (Å²) >= 11 is 0. The molecule has 1 aromatic carbocycles. The Balaban J connectivity index is 2.17. The second-order valence-electron chi connectivity index (χ2n) is 4.00. The van der Waals surface area contributed by atoms with E-state index in [-0.39, 0.29) is 0 Å². The van der Waals surface area contributed by atoms with Crippen LogP contribution in [-0.2, 0) is 6.54 Å². The molecule has 3 rings (SSSR count). The molecule has 2 heteroatoms. The molecule has 0 unspecified atom stereocenters. The molecule has 2 aromatic rings. The Kier molecular flexibility index (Phi) is 1.64. The molecule has 2 N–H and O–H groups in total. The summed E-state index contributed by atoms with van der Waals surface area (Å²) in [6.45, 7) is 0.579. The Bertz CT molecular complexity index is 468. The van der Waals surface area contributed by atoms with E-state index in [9.17, 15) is 0 Å². The molecule has 1 aliphatic carbocycles. The second-order valence-corrected chi connectivity index (χ2v) is 4.00. The first kappa shape index (κ1) is 8.06. The van der Waals surface area contributed by atoms with Crippen molar-refractivity contribution < 1.29 is 4.42 Å². The fraction of sp³-hybridized carbons (Fsp3) is 0.333. The average molecular weight is 187 g/mol. The van der Waals surface area contributed by atoms with Crippen molar-refractivity contribution in [1.82, 2.24) is 0 Å². The van der Waals surface area contributed by atoms with E-state index < -0.39 is 0 Å². The van der Waals surface area contributed by atoms with E-state index >= 15 is 0 Å². The highest BCUT2D eigenvalue weighted by molar-refractivity contribution is 5.82. The van der Waals surface area contributed by atoms with Crippen molar-refractivity contribution in [3.63, 3.8) is 0 Å². The molecule has 1 aliphatic rings. The van der Waals surface area contributed by atoms with Crippen molar-refractivity contribution in [2.75, 3.05) is 0 Å². The zero-order valence-corrected chi connectivity index (χ0v) is 7.99. The smallest absolute Gasteiger partial charge is 0.134 e. The lowest BCUT2D eigenvalue weighted by molar-refractivity contribution is 0.610. The lowest BCUT2D eigenvalue weighted by atomic mass is 10.1. The Hall–Kier alpha value is -1.28. The van der Waals surface area contributed by atoms with Gasteiger partial charge in [0.1, 0.15) is 5.58 Å². The number of benzene rings is 1. The highest BCUT2D eigenvalue weighted by atomic mass is 16.3. The van der Waals surface area contributed by atoms with Gasteiger partial charge in [0.25, 0.3) is 0 Å². The predicted octanol–water partition coefficient (Wildman–Crippen LogP) is 2.77. The van der Waals surface area contributed by atoms with Gasteiger partial charge < -0.3 is 10.2 Å². The number of hydrogen-bond donors (Lipinski definition) is 1. The van der Waals surface area contributed by atoms with Gasteiger partial charge in [-0.05, 0) is 30.4 Å². The topological polar surface area (TPSA) is 39.2 Å². The molecule has 0 spiro atoms. The van der Waals surface area contributed by atoms with E-state index in [0.717, 1.165) is 17.1 Å². The van der Waals surface area contributed by atoms with Gasteiger partial charge >= 0.3 is 0 Å². The first-order chi connectivity index (χ1) is 6.88. The fourth-order valence-electron chi connectivity index (χ4n) is 1.93. The predicted molar refractivity (Wildman–Crippen MR) is 56.1 cm³/mol. The summed E-state index contributed by atoms with van der Waals surface area (Å²) in [5, 5.41) is 1.27. The molecule has 0 aliphatic heterocycles. The summed E-state index contributed by atoms with van der Waals surface area (Å²) in [5.74, 6) is 0.750. The number of hydrogen-bond acceptors (Lipinski definition) is 2. The molecule has 0 saturated heterocycles. The van der Waals surface area contributed by atoms with E-state index in [1.807, 2.05) is 12.3 Å². The highest BCUT2D eigenvalue weighted by Crippen LogP contribution is 2.43. The van der Waals surface area contributed by atoms with Crippen molar-refractivity contribution >= 4 is 11.0 Å². The number of nitrogens with two attached hydrogens (primary N) is 1. The molecule has 0 bridgehead atoms. The van der Waals surface area contributed by atoms with Crippen molar-refractivity contribution in [3.8, 4) is 0 Å². The Morgan fingerprint density at radius 3 is 2.93 bits per heavy atom. The SMILES string of the molecule is NCc1ccc2c(C3CC3)coc2c1. The van der Waals surface area contributed by atoms with Crippen LogP contribution in [0, 0.1) is 0 Å². The molecule has 72 valence electrons. The minimum atomic E-state index is 0.579. The minimum absolute atomic E-state index is 0.579. The van der Waals surface area contributed by atoms with Gasteiger partial charge in [-0.2, -0.15) is 0 Å². The van der Waals surface area contributed by atoms with Gasteiger partial charge in [0.2, 0.25) is 0 Å². The standard InChI is InChI=1S/C12H13NO/c13-6-8-1-4-10-11(9-2-3-9)7-14-12(10)5-8/h1,4-5,7,9H,2-3,6,13H2. The van der Waals surface area contributed by atoms with Gasteiger partial charge in [-0.15, -0.1) is 0 Å². The van der Waals surface area contributed by atoms with Crippen LogP contribution < -0.4 is 5.73 Å². The van der Waals surface area contributed by atoms with Crippen molar-refractivity contribution in [1.29, 1.82) is 0 Å². The van der Waals surface area contributed by atoms with Crippen LogP contribution in [0.25, 0.3) is 11.0 Å². The largest absolute Gasteiger partial charge is 0.464 e. The molecule has 0 atom stereocenters. The van der Waals surface area contributed by atoms with Gasteiger partial charge in [0.15, 0.2) is 0 Å². The van der Waals surface area contributed by atoms with Crippen LogP contribution in [0.3, 0.4) is 0 Å². The third-order valence-corrected chi connectivity index (χ3v) is 2.92. The lowest BCUT2D eigenvalue weighted by Crippen LogP contribution is -1.94. The highest BCUT2D eigenvalue weighted by Gasteiger charge is 2.26. The maximum absolute atomic E-state index is 5.58. The summed E-state index contributed by atoms with van der Waals surface area (Å²) in [6.07, 6.45) is 4.53. The van der Waals surface area contributed by atoms with Gasteiger partial charge in [-0.25, -0.2) is 0 Å². The zero-order valence-electron chi connectivity index (χ0n) is 7.99. The first-order valence-electron chi connectivity index (χ1n) is 5.08. The number of furan rings is 1. The fourth-order valence-corrected chi connectivity index (χ4v) is 1.93. The average Bonchev–Trinajstić information content (AvgIpc) is 2.98. The van der Waals surface area contributed by atoms with Crippen LogP contribution in [0.1, 0.15) is 29.9 Å². The van der Waals surface area contributed by atoms with Crippen LogP contribution in [-0.4, -0.2) is 0 Å². The normalized spacial score (nSPS) is 16.4. The minimum Gasteiger partial charge on any atom is -0.464 e. The van der Waals surface area contributed by atoms with E-state index in [0.29, 0.717) is 6.54 Å². The lowest BCUT2D eigenvalue weighted by Gasteiger charge is -1.96. The van der Waals surface area contributed by atoms with Crippen LogP contribution in [0.5, 0.6) is 0 Å². The monoisotopic (exact) mass is 187 g/mol. The molecule has 14 heavy (non-hydrogen) atoms. The van der Waals surface area contributed by atoms with Gasteiger partial charge in [0, 0.05) is 17.5 Å². The third-order valence-electron chi connectivity index (χ3n) is 2.92. The zero-order chi connectivity index (χ0) is 9.54. The van der Waals surface area contributed by atoms with E-state index in [2.05, 4.69) is 12.1 Å². The van der Waals surface area contributed by atoms with Crippen LogP contribution in [0.15, 0.2) is 28.9 Å². The summed E-state index contributed by atoms with van der Waals surface area (Å²) in [6, 6.07) is 6.26. The molecular formula is C12H13NO. The summed E-state index contributed by atoms with van der Waals surface area (Å²) in [5.41, 5.74) is 9.07. The molecule has 2 nitrogen and oxygen atoms in total. The van der Waals surface area contributed by atoms with Gasteiger partial charge in [-0.3, -0.25) is 0 Å². The van der Waals surface area contributed by atoms with Crippen LogP contribution in [0.2, 0.25) is 0 Å². The molecule has 1 heterocycles. The van der Waals surface area contributed by atoms with Crippen molar-refractivity contribution in [2.45, 2.75) is 25.3 Å². The Labute approximate surface area is 82.7 Å². The Morgan fingerprint density at radius 2 is 2.21 bits per heavy atom. The molecule has 1 fully saturated rings. The van der Waals surface area contributed by atoms with E-state index in [4.69, 9.17) is 10.2 Å². The van der Waals surface area contributed by atoms with Crippen molar-refractivity contribution in [2.24, 2.45) is 5.73 Å². The quantitative estimate of drug-likeness (QED) is 0.785. The maximum Gasteiger partial charge on any atom is 0.134 e. The number of rotatable bonds is 2. The molecule has 1 aromatic heterocycles. The van der Waals surface area contributed by atoms with E-state index in [1.165, 1.54) is 23.8 Å². The summed E-state index contributed by atoms with van der Waals surface area (Å²) in [4.78, 5) is 0. The first-order valence-corrected chi connectivity index (χ1v) is 5.08. The summed E-state index contributed by atoms with van der Waals surface area (Å²) < 4.78 is 5.54. The Morgan fingerprint density at radius 1 is 1.36 bits per heavy atom. The molecular weight excluding hydrogens is 174 g/mol. The summed E-state index contributed by atoms with van der Waals surface area (Å²) in [7, 11) is 0. The molecule has 0 radical (unpaired) electrons.